The fourth-order valence-electron chi connectivity index (χ4n) is 3.34. The molecule has 0 N–H and O–H groups in total. The number of benzene rings is 2. The molecule has 0 unspecified atom stereocenters. The van der Waals surface area contributed by atoms with E-state index in [0.29, 0.717) is 10.0 Å². The number of ether oxygens (including phenoxy) is 1. The lowest BCUT2D eigenvalue weighted by atomic mass is 10.1. The highest BCUT2D eigenvalue weighted by atomic mass is 35.5. The minimum absolute atomic E-state index is 0.637. The Morgan fingerprint density at radius 3 is 2.52 bits per heavy atom. The normalized spacial score (nSPS) is 15.8. The molecule has 2 aromatic carbocycles. The molecule has 0 saturated carbocycles. The van der Waals surface area contributed by atoms with E-state index in [1.807, 2.05) is 12.1 Å². The van der Waals surface area contributed by atoms with Crippen molar-refractivity contribution >= 4 is 40.2 Å². The number of nitrogens with zero attached hydrogens (tertiary/aromatic N) is 3. The number of rotatable bonds is 5. The highest BCUT2D eigenvalue weighted by Gasteiger charge is 2.15. The van der Waals surface area contributed by atoms with E-state index in [1.54, 1.807) is 17.4 Å². The first-order valence-electron chi connectivity index (χ1n) is 9.65. The largest absolute Gasteiger partial charge is 0.379 e. The Bertz CT molecular complexity index is 1040. The van der Waals surface area contributed by atoms with Gasteiger partial charge in [-0.25, -0.2) is 4.99 Å². The average Bonchev–Trinajstić information content (AvgIpc) is 3.11. The summed E-state index contributed by atoms with van der Waals surface area (Å²) in [6.07, 6.45) is 0. The smallest absolute Gasteiger partial charge is 0.190 e. The third kappa shape index (κ3) is 5.11. The first-order valence-corrected chi connectivity index (χ1v) is 11.3. The van der Waals surface area contributed by atoms with Gasteiger partial charge in [0.1, 0.15) is 0 Å². The van der Waals surface area contributed by atoms with Crippen LogP contribution >= 0.6 is 34.5 Å². The summed E-state index contributed by atoms with van der Waals surface area (Å²) >= 11 is 14.3. The zero-order valence-electron chi connectivity index (χ0n) is 16.3. The second-order valence-electron chi connectivity index (χ2n) is 7.08. The van der Waals surface area contributed by atoms with Crippen LogP contribution in [0.5, 0.6) is 0 Å². The highest BCUT2D eigenvalue weighted by molar-refractivity contribution is 7.07. The van der Waals surface area contributed by atoms with Crippen LogP contribution in [0.1, 0.15) is 5.56 Å². The maximum absolute atomic E-state index is 6.52. The summed E-state index contributed by atoms with van der Waals surface area (Å²) in [7, 11) is 0. The van der Waals surface area contributed by atoms with E-state index in [9.17, 15) is 0 Å². The van der Waals surface area contributed by atoms with Gasteiger partial charge in [0.2, 0.25) is 0 Å². The van der Waals surface area contributed by atoms with Gasteiger partial charge in [-0.2, -0.15) is 0 Å². The molecule has 1 saturated heterocycles. The topological polar surface area (TPSA) is 29.8 Å². The Kier molecular flexibility index (Phi) is 6.73. The standard InChI is InChI=1S/C22H23Cl2N3OS/c1-16-2-5-18(6-3-16)25-22-27(9-8-26-10-12-28-13-11-26)21(15-29-22)19-7-4-17(23)14-20(19)24/h2-7,14-15H,8-13H2,1H3. The van der Waals surface area contributed by atoms with Gasteiger partial charge in [-0.3, -0.25) is 4.90 Å². The van der Waals surface area contributed by atoms with Crippen LogP contribution in [0, 0.1) is 6.92 Å². The summed E-state index contributed by atoms with van der Waals surface area (Å²) in [5.74, 6) is 0. The van der Waals surface area contributed by atoms with E-state index in [2.05, 4.69) is 46.0 Å². The molecule has 1 fully saturated rings. The molecular formula is C22H23Cl2N3OS. The number of aromatic nitrogens is 1. The predicted octanol–water partition coefficient (Wildman–Crippen LogP) is 5.40. The predicted molar refractivity (Wildman–Crippen MR) is 121 cm³/mol. The zero-order valence-corrected chi connectivity index (χ0v) is 18.6. The van der Waals surface area contributed by atoms with Crippen molar-refractivity contribution in [3.8, 4) is 11.3 Å². The molecule has 1 aliphatic heterocycles. The van der Waals surface area contributed by atoms with Crippen molar-refractivity contribution in [2.24, 2.45) is 4.99 Å². The van der Waals surface area contributed by atoms with Gasteiger partial charge in [0, 0.05) is 42.1 Å². The van der Waals surface area contributed by atoms with Crippen LogP contribution in [0.2, 0.25) is 10.0 Å². The second kappa shape index (κ2) is 9.45. The Balaban J connectivity index is 1.72. The molecule has 4 nitrogen and oxygen atoms in total. The van der Waals surface area contributed by atoms with Crippen LogP contribution in [0.25, 0.3) is 11.3 Å². The number of aryl methyl sites for hydroxylation is 1. The van der Waals surface area contributed by atoms with E-state index >= 15 is 0 Å². The lowest BCUT2D eigenvalue weighted by molar-refractivity contribution is 0.0363. The van der Waals surface area contributed by atoms with Crippen molar-refractivity contribution < 1.29 is 4.74 Å². The molecule has 1 aliphatic rings. The van der Waals surface area contributed by atoms with E-state index in [1.165, 1.54) is 5.56 Å². The minimum atomic E-state index is 0.637. The fraction of sp³-hybridized carbons (Fsp3) is 0.318. The van der Waals surface area contributed by atoms with E-state index in [0.717, 1.165) is 61.1 Å². The maximum atomic E-state index is 6.52. The zero-order chi connectivity index (χ0) is 20.2. The van der Waals surface area contributed by atoms with E-state index < -0.39 is 0 Å². The quantitative estimate of drug-likeness (QED) is 0.524. The Morgan fingerprint density at radius 2 is 1.79 bits per heavy atom. The monoisotopic (exact) mass is 447 g/mol. The average molecular weight is 448 g/mol. The lowest BCUT2D eigenvalue weighted by Crippen LogP contribution is -2.39. The van der Waals surface area contributed by atoms with Crippen LogP contribution in [0.3, 0.4) is 0 Å². The second-order valence-corrected chi connectivity index (χ2v) is 8.76. The molecule has 3 aromatic rings. The Labute approximate surface area is 185 Å². The number of halogens is 2. The summed E-state index contributed by atoms with van der Waals surface area (Å²) in [5, 5.41) is 3.41. The lowest BCUT2D eigenvalue weighted by Gasteiger charge is -2.27. The molecule has 7 heteroatoms. The van der Waals surface area contributed by atoms with Crippen molar-refractivity contribution in [3.63, 3.8) is 0 Å². The van der Waals surface area contributed by atoms with Gasteiger partial charge in [-0.1, -0.05) is 40.9 Å². The number of hydrogen-bond acceptors (Lipinski definition) is 4. The van der Waals surface area contributed by atoms with Crippen molar-refractivity contribution in [3.05, 3.63) is 68.3 Å². The summed E-state index contributed by atoms with van der Waals surface area (Å²) in [5.41, 5.74) is 4.21. The summed E-state index contributed by atoms with van der Waals surface area (Å²) < 4.78 is 7.73. The van der Waals surface area contributed by atoms with Crippen molar-refractivity contribution in [1.29, 1.82) is 0 Å². The Hall–Kier alpha value is -1.63. The molecular weight excluding hydrogens is 425 g/mol. The summed E-state index contributed by atoms with van der Waals surface area (Å²) in [6, 6.07) is 13.9. The van der Waals surface area contributed by atoms with Crippen LogP contribution in [0.15, 0.2) is 52.8 Å². The number of thiazole rings is 1. The van der Waals surface area contributed by atoms with Crippen LogP contribution in [-0.4, -0.2) is 42.3 Å². The molecule has 29 heavy (non-hydrogen) atoms. The summed E-state index contributed by atoms with van der Waals surface area (Å²) in [6.45, 7) is 7.38. The molecule has 0 aliphatic carbocycles. The van der Waals surface area contributed by atoms with Gasteiger partial charge in [-0.15, -0.1) is 11.3 Å². The highest BCUT2D eigenvalue weighted by Crippen LogP contribution is 2.31. The third-order valence-corrected chi connectivity index (χ3v) is 6.42. The van der Waals surface area contributed by atoms with Crippen LogP contribution in [-0.2, 0) is 11.3 Å². The van der Waals surface area contributed by atoms with Crippen LogP contribution < -0.4 is 4.80 Å². The van der Waals surface area contributed by atoms with Crippen molar-refractivity contribution in [1.82, 2.24) is 9.47 Å². The molecule has 0 spiro atoms. The molecule has 2 heterocycles. The van der Waals surface area contributed by atoms with Gasteiger partial charge in [0.25, 0.3) is 0 Å². The fourth-order valence-corrected chi connectivity index (χ4v) is 4.80. The molecule has 4 rings (SSSR count). The summed E-state index contributed by atoms with van der Waals surface area (Å²) in [4.78, 5) is 8.30. The SMILES string of the molecule is Cc1ccc(N=c2scc(-c3ccc(Cl)cc3Cl)n2CCN2CCOCC2)cc1. The maximum Gasteiger partial charge on any atom is 0.190 e. The molecule has 0 atom stereocenters. The first kappa shape index (κ1) is 20.6. The van der Waals surface area contributed by atoms with Crippen LogP contribution in [0.4, 0.5) is 5.69 Å². The van der Waals surface area contributed by atoms with E-state index in [4.69, 9.17) is 32.9 Å². The molecule has 0 bridgehead atoms. The van der Waals surface area contributed by atoms with Gasteiger partial charge < -0.3 is 9.30 Å². The van der Waals surface area contributed by atoms with Crippen molar-refractivity contribution in [2.75, 3.05) is 32.8 Å². The third-order valence-electron chi connectivity index (χ3n) is 5.01. The van der Waals surface area contributed by atoms with Gasteiger partial charge in [0.15, 0.2) is 4.80 Å². The minimum Gasteiger partial charge on any atom is -0.379 e. The molecule has 0 amide bonds. The van der Waals surface area contributed by atoms with Gasteiger partial charge in [0.05, 0.1) is 29.6 Å². The van der Waals surface area contributed by atoms with Crippen molar-refractivity contribution in [2.45, 2.75) is 13.5 Å². The van der Waals surface area contributed by atoms with E-state index in [-0.39, 0.29) is 0 Å². The number of morpholine rings is 1. The number of hydrogen-bond donors (Lipinski definition) is 0. The first-order chi connectivity index (χ1) is 14.1. The Morgan fingerprint density at radius 1 is 1.03 bits per heavy atom. The van der Waals surface area contributed by atoms with Gasteiger partial charge in [-0.05, 0) is 37.3 Å². The molecule has 0 radical (unpaired) electrons. The van der Waals surface area contributed by atoms with Gasteiger partial charge >= 0.3 is 0 Å². The molecule has 1 aromatic heterocycles. The molecule has 152 valence electrons.